The molecule has 0 aliphatic heterocycles. The zero-order chi connectivity index (χ0) is 14.3. The topological polar surface area (TPSA) is 18.5 Å². The smallest absolute Gasteiger partial charge is 0.141 e. The highest BCUT2D eigenvalue weighted by Gasteiger charge is 2.14. The van der Waals surface area contributed by atoms with Crippen LogP contribution in [0.25, 0.3) is 21.5 Å². The molecule has 0 bridgehead atoms. The van der Waals surface area contributed by atoms with Gasteiger partial charge in [0.1, 0.15) is 27.2 Å². The highest BCUT2D eigenvalue weighted by molar-refractivity contribution is 6.54. The summed E-state index contributed by atoms with van der Waals surface area (Å²) in [6.07, 6.45) is 0. The van der Waals surface area contributed by atoms with E-state index in [1.165, 1.54) is 32.5 Å². The van der Waals surface area contributed by atoms with E-state index in [0.717, 1.165) is 11.5 Å². The van der Waals surface area contributed by atoms with Gasteiger partial charge in [-0.2, -0.15) is 0 Å². The van der Waals surface area contributed by atoms with Crippen molar-refractivity contribution in [3.63, 3.8) is 0 Å². The molecular weight excluding hydrogens is 246 g/mol. The molecule has 0 amide bonds. The second-order valence-corrected chi connectivity index (χ2v) is 5.02. The van der Waals surface area contributed by atoms with Crippen molar-refractivity contribution in [3.05, 3.63) is 36.4 Å². The molecule has 0 aliphatic rings. The Kier molecular flexibility index (Phi) is 3.09. The average Bonchev–Trinajstić information content (AvgIpc) is 2.50. The summed E-state index contributed by atoms with van der Waals surface area (Å²) in [6, 6.07) is 12.4. The molecule has 0 radical (unpaired) electrons. The first-order valence-electron chi connectivity index (χ1n) is 6.71. The Balaban J connectivity index is 2.62. The molecule has 0 saturated heterocycles. The summed E-state index contributed by atoms with van der Waals surface area (Å²) in [7, 11) is 7.73. The van der Waals surface area contributed by atoms with Crippen molar-refractivity contribution in [1.29, 1.82) is 0 Å². The SMILES string of the molecule is Bc1c2cccc(OC)c2c(B)c2c(OC)cccc12. The Morgan fingerprint density at radius 1 is 0.700 bits per heavy atom. The van der Waals surface area contributed by atoms with Gasteiger partial charge in [0.05, 0.1) is 14.2 Å². The molecule has 20 heavy (non-hydrogen) atoms. The van der Waals surface area contributed by atoms with Gasteiger partial charge in [0.15, 0.2) is 0 Å². The molecule has 0 aliphatic carbocycles. The van der Waals surface area contributed by atoms with E-state index in [1.54, 1.807) is 14.2 Å². The van der Waals surface area contributed by atoms with Gasteiger partial charge in [-0.05, 0) is 22.9 Å². The maximum Gasteiger partial charge on any atom is 0.141 e. The maximum atomic E-state index is 5.54. The lowest BCUT2D eigenvalue weighted by atomic mass is 9.77. The largest absolute Gasteiger partial charge is 0.496 e. The number of benzene rings is 3. The van der Waals surface area contributed by atoms with Crippen LogP contribution in [0.1, 0.15) is 0 Å². The summed E-state index contributed by atoms with van der Waals surface area (Å²) in [5.74, 6) is 1.83. The Morgan fingerprint density at radius 3 is 1.55 bits per heavy atom. The van der Waals surface area contributed by atoms with Gasteiger partial charge in [0.25, 0.3) is 0 Å². The number of rotatable bonds is 2. The van der Waals surface area contributed by atoms with Gasteiger partial charge in [-0.1, -0.05) is 35.2 Å². The highest BCUT2D eigenvalue weighted by Crippen LogP contribution is 2.30. The third kappa shape index (κ3) is 1.68. The van der Waals surface area contributed by atoms with Gasteiger partial charge in [-0.3, -0.25) is 0 Å². The number of hydrogen-bond acceptors (Lipinski definition) is 2. The molecule has 3 aromatic carbocycles. The lowest BCUT2D eigenvalue weighted by molar-refractivity contribution is 0.419. The molecule has 0 saturated carbocycles. The molecule has 0 atom stereocenters. The van der Waals surface area contributed by atoms with Crippen LogP contribution in [0.15, 0.2) is 36.4 Å². The average molecular weight is 262 g/mol. The van der Waals surface area contributed by atoms with Crippen molar-refractivity contribution in [2.75, 3.05) is 14.2 Å². The summed E-state index contributed by atoms with van der Waals surface area (Å²) in [5, 5.41) is 4.82. The predicted molar refractivity (Wildman–Crippen MR) is 90.9 cm³/mol. The van der Waals surface area contributed by atoms with Crippen LogP contribution >= 0.6 is 0 Å². The second kappa shape index (κ2) is 4.78. The molecule has 2 nitrogen and oxygen atoms in total. The number of ether oxygens (including phenoxy) is 2. The summed E-state index contributed by atoms with van der Waals surface area (Å²) < 4.78 is 11.1. The Bertz CT molecular complexity index is 748. The summed E-state index contributed by atoms with van der Waals surface area (Å²) in [4.78, 5) is 0. The first-order valence-corrected chi connectivity index (χ1v) is 6.71. The van der Waals surface area contributed by atoms with Crippen LogP contribution in [0.5, 0.6) is 11.5 Å². The highest BCUT2D eigenvalue weighted by atomic mass is 16.5. The molecule has 0 unspecified atom stereocenters. The van der Waals surface area contributed by atoms with E-state index in [1.807, 2.05) is 24.3 Å². The van der Waals surface area contributed by atoms with E-state index in [2.05, 4.69) is 27.8 Å². The predicted octanol–water partition coefficient (Wildman–Crippen LogP) is 0.527. The van der Waals surface area contributed by atoms with E-state index in [0.29, 0.717) is 0 Å². The van der Waals surface area contributed by atoms with Crippen molar-refractivity contribution in [3.8, 4) is 11.5 Å². The normalized spacial score (nSPS) is 10.9. The lowest BCUT2D eigenvalue weighted by Crippen LogP contribution is -2.17. The van der Waals surface area contributed by atoms with Gasteiger partial charge in [-0.15, -0.1) is 0 Å². The number of fused-ring (bicyclic) bond motifs is 2. The second-order valence-electron chi connectivity index (χ2n) is 5.02. The molecule has 0 spiro atoms. The third-order valence-electron chi connectivity index (χ3n) is 4.05. The molecule has 0 fully saturated rings. The fraction of sp³-hybridized carbons (Fsp3) is 0.125. The van der Waals surface area contributed by atoms with E-state index in [4.69, 9.17) is 9.47 Å². The molecule has 0 aromatic heterocycles. The first kappa shape index (κ1) is 12.9. The minimum absolute atomic E-state index is 0.913. The number of hydrogen-bond donors (Lipinski definition) is 0. The van der Waals surface area contributed by atoms with Crippen LogP contribution in [-0.2, 0) is 0 Å². The zero-order valence-corrected chi connectivity index (χ0v) is 12.3. The lowest BCUT2D eigenvalue weighted by Gasteiger charge is -2.17. The Morgan fingerprint density at radius 2 is 1.15 bits per heavy atom. The van der Waals surface area contributed by atoms with Crippen molar-refractivity contribution >= 4 is 48.2 Å². The number of methoxy groups -OCH3 is 2. The molecule has 0 heterocycles. The van der Waals surface area contributed by atoms with E-state index >= 15 is 0 Å². The zero-order valence-electron chi connectivity index (χ0n) is 12.3. The Hall–Kier alpha value is -2.09. The minimum Gasteiger partial charge on any atom is -0.496 e. The van der Waals surface area contributed by atoms with E-state index in [-0.39, 0.29) is 0 Å². The maximum absolute atomic E-state index is 5.54. The van der Waals surface area contributed by atoms with Crippen LogP contribution in [0.4, 0.5) is 0 Å². The van der Waals surface area contributed by atoms with Gasteiger partial charge in [0, 0.05) is 10.8 Å². The van der Waals surface area contributed by atoms with Crippen LogP contribution in [0.3, 0.4) is 0 Å². The molecule has 3 rings (SSSR count). The molecular formula is C16H16B2O2. The van der Waals surface area contributed by atoms with E-state index in [9.17, 15) is 0 Å². The van der Waals surface area contributed by atoms with Gasteiger partial charge in [0.2, 0.25) is 0 Å². The van der Waals surface area contributed by atoms with Crippen LogP contribution < -0.4 is 20.4 Å². The first-order chi connectivity index (χ1) is 9.69. The molecule has 4 heteroatoms. The fourth-order valence-electron chi connectivity index (χ4n) is 3.07. The van der Waals surface area contributed by atoms with Crippen LogP contribution in [0.2, 0.25) is 0 Å². The van der Waals surface area contributed by atoms with Crippen molar-refractivity contribution < 1.29 is 9.47 Å². The minimum atomic E-state index is 0.913. The standard InChI is InChI=1S/C16H16B2O2/c1-19-11-7-3-5-9-13(11)16(18)14-10(15(9)17)6-4-8-12(14)20-2/h3-8H,17-18H2,1-2H3. The summed E-state index contributed by atoms with van der Waals surface area (Å²) in [5.41, 5.74) is 2.47. The van der Waals surface area contributed by atoms with Crippen LogP contribution in [0, 0.1) is 0 Å². The molecule has 3 aromatic rings. The van der Waals surface area contributed by atoms with Crippen molar-refractivity contribution in [2.45, 2.75) is 0 Å². The molecule has 98 valence electrons. The Labute approximate surface area is 120 Å². The third-order valence-corrected chi connectivity index (χ3v) is 4.05. The monoisotopic (exact) mass is 262 g/mol. The van der Waals surface area contributed by atoms with Gasteiger partial charge < -0.3 is 9.47 Å². The molecule has 0 N–H and O–H groups in total. The van der Waals surface area contributed by atoms with Crippen molar-refractivity contribution in [2.24, 2.45) is 0 Å². The van der Waals surface area contributed by atoms with Gasteiger partial charge in [-0.25, -0.2) is 0 Å². The van der Waals surface area contributed by atoms with Crippen LogP contribution in [-0.4, -0.2) is 29.9 Å². The van der Waals surface area contributed by atoms with Gasteiger partial charge >= 0.3 is 0 Å². The quantitative estimate of drug-likeness (QED) is 0.495. The summed E-state index contributed by atoms with van der Waals surface area (Å²) in [6.45, 7) is 0. The summed E-state index contributed by atoms with van der Waals surface area (Å²) >= 11 is 0. The van der Waals surface area contributed by atoms with Crippen molar-refractivity contribution in [1.82, 2.24) is 0 Å². The fourth-order valence-corrected chi connectivity index (χ4v) is 3.07. The van der Waals surface area contributed by atoms with E-state index < -0.39 is 0 Å².